The molecule has 0 spiro atoms. The zero-order valence-electron chi connectivity index (χ0n) is 14.8. The van der Waals surface area contributed by atoms with Crippen LogP contribution in [0.5, 0.6) is 5.75 Å². The standard InChI is InChI=1S/C20H17N5O2S/c26-19(23-10-11-27-15-4-2-1-3-5-15)14-6-7-16-17(12-14)28-20(24-16)25-18-13-21-8-9-22-18/h1-9,12-13H,10-11H2,(H,23,26)(H,22,24,25). The number of fused-ring (bicyclic) bond motifs is 1. The second kappa shape index (κ2) is 8.45. The fraction of sp³-hybridized carbons (Fsp3) is 0.100. The molecule has 0 aliphatic heterocycles. The predicted molar refractivity (Wildman–Crippen MR) is 109 cm³/mol. The summed E-state index contributed by atoms with van der Waals surface area (Å²) in [5.74, 6) is 1.26. The number of hydrogen-bond donors (Lipinski definition) is 2. The number of thiazole rings is 1. The molecule has 0 unspecified atom stereocenters. The summed E-state index contributed by atoms with van der Waals surface area (Å²) in [5, 5.41) is 6.68. The van der Waals surface area contributed by atoms with Crippen molar-refractivity contribution in [3.05, 3.63) is 72.7 Å². The first-order valence-corrected chi connectivity index (χ1v) is 9.49. The molecule has 140 valence electrons. The van der Waals surface area contributed by atoms with E-state index in [1.165, 1.54) is 11.3 Å². The molecule has 8 heteroatoms. The number of ether oxygens (including phenoxy) is 1. The number of hydrogen-bond acceptors (Lipinski definition) is 7. The Morgan fingerprint density at radius 3 is 2.82 bits per heavy atom. The first kappa shape index (κ1) is 17.9. The molecule has 1 amide bonds. The molecular weight excluding hydrogens is 374 g/mol. The topological polar surface area (TPSA) is 89.0 Å². The third-order valence-electron chi connectivity index (χ3n) is 3.85. The Hall–Kier alpha value is -3.52. The summed E-state index contributed by atoms with van der Waals surface area (Å²) in [5.41, 5.74) is 1.40. The van der Waals surface area contributed by atoms with E-state index >= 15 is 0 Å². The highest BCUT2D eigenvalue weighted by Crippen LogP contribution is 2.28. The van der Waals surface area contributed by atoms with E-state index in [0.717, 1.165) is 16.0 Å². The van der Waals surface area contributed by atoms with Crippen LogP contribution in [-0.4, -0.2) is 34.0 Å². The van der Waals surface area contributed by atoms with E-state index in [-0.39, 0.29) is 5.91 Å². The molecule has 4 rings (SSSR count). The molecule has 7 nitrogen and oxygen atoms in total. The Kier molecular flexibility index (Phi) is 5.39. The SMILES string of the molecule is O=C(NCCOc1ccccc1)c1ccc2nc(Nc3cnccn3)sc2c1. The number of anilines is 2. The minimum Gasteiger partial charge on any atom is -0.492 e. The molecule has 28 heavy (non-hydrogen) atoms. The summed E-state index contributed by atoms with van der Waals surface area (Å²) in [6.07, 6.45) is 4.85. The Balaban J connectivity index is 1.36. The molecule has 0 fully saturated rings. The zero-order valence-corrected chi connectivity index (χ0v) is 15.6. The lowest BCUT2D eigenvalue weighted by molar-refractivity contribution is 0.0947. The van der Waals surface area contributed by atoms with E-state index in [9.17, 15) is 4.79 Å². The van der Waals surface area contributed by atoms with Crippen molar-refractivity contribution in [3.63, 3.8) is 0 Å². The van der Waals surface area contributed by atoms with Crippen molar-refractivity contribution in [2.45, 2.75) is 0 Å². The average Bonchev–Trinajstić information content (AvgIpc) is 3.14. The quantitative estimate of drug-likeness (QED) is 0.468. The predicted octanol–water partition coefficient (Wildman–Crippen LogP) is 3.64. The number of rotatable bonds is 7. The van der Waals surface area contributed by atoms with Crippen molar-refractivity contribution in [1.29, 1.82) is 0 Å². The zero-order chi connectivity index (χ0) is 19.2. The number of aromatic nitrogens is 3. The lowest BCUT2D eigenvalue weighted by Crippen LogP contribution is -2.28. The monoisotopic (exact) mass is 391 g/mol. The lowest BCUT2D eigenvalue weighted by atomic mass is 10.2. The van der Waals surface area contributed by atoms with Crippen LogP contribution >= 0.6 is 11.3 Å². The highest BCUT2D eigenvalue weighted by molar-refractivity contribution is 7.22. The van der Waals surface area contributed by atoms with Crippen LogP contribution in [-0.2, 0) is 0 Å². The number of carbonyl (C=O) groups excluding carboxylic acids is 1. The highest BCUT2D eigenvalue weighted by atomic mass is 32.1. The average molecular weight is 391 g/mol. The van der Waals surface area contributed by atoms with Gasteiger partial charge in [-0.15, -0.1) is 0 Å². The molecule has 0 atom stereocenters. The Bertz CT molecular complexity index is 1070. The van der Waals surface area contributed by atoms with Crippen molar-refractivity contribution >= 4 is 38.4 Å². The summed E-state index contributed by atoms with van der Waals surface area (Å²) in [6, 6.07) is 14.9. The van der Waals surface area contributed by atoms with Crippen molar-refractivity contribution in [2.75, 3.05) is 18.5 Å². The maximum absolute atomic E-state index is 12.4. The van der Waals surface area contributed by atoms with Gasteiger partial charge in [0.1, 0.15) is 12.4 Å². The fourth-order valence-corrected chi connectivity index (χ4v) is 3.46. The Morgan fingerprint density at radius 1 is 1.11 bits per heavy atom. The van der Waals surface area contributed by atoms with Crippen LogP contribution in [0, 0.1) is 0 Å². The number of benzene rings is 2. The van der Waals surface area contributed by atoms with Crippen molar-refractivity contribution < 1.29 is 9.53 Å². The van der Waals surface area contributed by atoms with Gasteiger partial charge in [-0.3, -0.25) is 9.78 Å². The Labute approximate surface area is 165 Å². The number of carbonyl (C=O) groups is 1. The molecule has 2 aromatic heterocycles. The first-order valence-electron chi connectivity index (χ1n) is 8.67. The second-order valence-electron chi connectivity index (χ2n) is 5.83. The minimum absolute atomic E-state index is 0.143. The molecule has 0 aliphatic rings. The first-order chi connectivity index (χ1) is 13.8. The van der Waals surface area contributed by atoms with Gasteiger partial charge >= 0.3 is 0 Å². The maximum Gasteiger partial charge on any atom is 0.251 e. The normalized spacial score (nSPS) is 10.6. The van der Waals surface area contributed by atoms with E-state index < -0.39 is 0 Å². The lowest BCUT2D eigenvalue weighted by Gasteiger charge is -2.07. The van der Waals surface area contributed by atoms with Crippen LogP contribution < -0.4 is 15.4 Å². The van der Waals surface area contributed by atoms with Gasteiger partial charge in [0, 0.05) is 18.0 Å². The van der Waals surface area contributed by atoms with Gasteiger partial charge in [0.2, 0.25) is 0 Å². The van der Waals surface area contributed by atoms with E-state index in [4.69, 9.17) is 4.74 Å². The largest absolute Gasteiger partial charge is 0.492 e. The van der Waals surface area contributed by atoms with Gasteiger partial charge in [0.05, 0.1) is 23.0 Å². The summed E-state index contributed by atoms with van der Waals surface area (Å²) >= 11 is 1.45. The van der Waals surface area contributed by atoms with Gasteiger partial charge in [0.25, 0.3) is 5.91 Å². The summed E-state index contributed by atoms with van der Waals surface area (Å²) in [6.45, 7) is 0.832. The van der Waals surface area contributed by atoms with Gasteiger partial charge in [-0.2, -0.15) is 0 Å². The smallest absolute Gasteiger partial charge is 0.251 e. The van der Waals surface area contributed by atoms with Crippen LogP contribution in [0.3, 0.4) is 0 Å². The third kappa shape index (κ3) is 4.41. The van der Waals surface area contributed by atoms with Crippen LogP contribution in [0.2, 0.25) is 0 Å². The highest BCUT2D eigenvalue weighted by Gasteiger charge is 2.10. The molecule has 0 bridgehead atoms. The van der Waals surface area contributed by atoms with E-state index in [2.05, 4.69) is 25.6 Å². The molecule has 2 heterocycles. The van der Waals surface area contributed by atoms with E-state index in [1.54, 1.807) is 24.7 Å². The van der Waals surface area contributed by atoms with Crippen molar-refractivity contribution in [2.24, 2.45) is 0 Å². The van der Waals surface area contributed by atoms with Gasteiger partial charge in [-0.05, 0) is 30.3 Å². The number of nitrogens with one attached hydrogen (secondary N) is 2. The van der Waals surface area contributed by atoms with Crippen LogP contribution in [0.1, 0.15) is 10.4 Å². The summed E-state index contributed by atoms with van der Waals surface area (Å²) in [4.78, 5) is 25.1. The molecule has 0 radical (unpaired) electrons. The van der Waals surface area contributed by atoms with E-state index in [1.807, 2.05) is 42.5 Å². The van der Waals surface area contributed by atoms with Crippen LogP contribution in [0.4, 0.5) is 10.9 Å². The molecule has 0 aliphatic carbocycles. The number of nitrogens with zero attached hydrogens (tertiary/aromatic N) is 3. The van der Waals surface area contributed by atoms with Crippen molar-refractivity contribution in [1.82, 2.24) is 20.3 Å². The van der Waals surface area contributed by atoms with Crippen LogP contribution in [0.25, 0.3) is 10.2 Å². The summed E-state index contributed by atoms with van der Waals surface area (Å²) in [7, 11) is 0. The second-order valence-corrected chi connectivity index (χ2v) is 6.87. The molecule has 2 N–H and O–H groups in total. The molecule has 2 aromatic carbocycles. The third-order valence-corrected chi connectivity index (χ3v) is 4.78. The van der Waals surface area contributed by atoms with Gasteiger partial charge < -0.3 is 15.4 Å². The van der Waals surface area contributed by atoms with Gasteiger partial charge in [-0.25, -0.2) is 9.97 Å². The van der Waals surface area contributed by atoms with Gasteiger partial charge in [0.15, 0.2) is 10.9 Å². The fourth-order valence-electron chi connectivity index (χ4n) is 2.54. The number of amides is 1. The van der Waals surface area contributed by atoms with Gasteiger partial charge in [-0.1, -0.05) is 29.5 Å². The molecule has 0 saturated carbocycles. The molecular formula is C20H17N5O2S. The minimum atomic E-state index is -0.143. The maximum atomic E-state index is 12.4. The van der Waals surface area contributed by atoms with E-state index in [0.29, 0.717) is 29.7 Å². The number of para-hydroxylation sites is 1. The molecule has 4 aromatic rings. The van der Waals surface area contributed by atoms with Crippen molar-refractivity contribution in [3.8, 4) is 5.75 Å². The van der Waals surface area contributed by atoms with Crippen LogP contribution in [0.15, 0.2) is 67.1 Å². The Morgan fingerprint density at radius 2 is 2.00 bits per heavy atom. The molecule has 0 saturated heterocycles. The summed E-state index contributed by atoms with van der Waals surface area (Å²) < 4.78 is 6.50.